The minimum atomic E-state index is -2.50. The van der Waals surface area contributed by atoms with Gasteiger partial charge >= 0.3 is 68.5 Å². The summed E-state index contributed by atoms with van der Waals surface area (Å²) < 4.78 is 2.00. The molecule has 0 aliphatic heterocycles. The fraction of sp³-hybridized carbons (Fsp3) is 1.00. The van der Waals surface area contributed by atoms with E-state index in [0.717, 1.165) is 21.8 Å². The van der Waals surface area contributed by atoms with Crippen molar-refractivity contribution in [1.82, 2.24) is 0 Å². The van der Waals surface area contributed by atoms with Crippen LogP contribution in [0, 0.1) is 0 Å². The maximum atomic E-state index is 6.02. The Morgan fingerprint density at radius 2 is 2.00 bits per heavy atom. The average Bonchev–Trinajstić information content (AvgIpc) is 1.84. The molecule has 56 valence electrons. The molecule has 0 atom stereocenters. The van der Waals surface area contributed by atoms with Crippen LogP contribution in [0.5, 0.6) is 0 Å². The number of nitrogens with two attached hydrogens (primary N) is 1. The van der Waals surface area contributed by atoms with Crippen LogP contribution in [-0.4, -0.2) is 22.7 Å². The van der Waals surface area contributed by atoms with Gasteiger partial charge in [0, 0.05) is 0 Å². The molecule has 0 amide bonds. The molecule has 0 spiro atoms. The van der Waals surface area contributed by atoms with Gasteiger partial charge in [0.05, 0.1) is 0 Å². The van der Waals surface area contributed by atoms with E-state index in [4.69, 9.17) is 23.6 Å². The van der Waals surface area contributed by atoms with Crippen molar-refractivity contribution in [3.8, 4) is 0 Å². The molecule has 0 aliphatic carbocycles. The third-order valence-corrected chi connectivity index (χ3v) is 13.4. The molecule has 0 fully saturated rings. The van der Waals surface area contributed by atoms with E-state index in [-0.39, 0.29) is 0 Å². The Morgan fingerprint density at radius 3 is 2.33 bits per heavy atom. The van der Waals surface area contributed by atoms with Crippen molar-refractivity contribution in [1.29, 1.82) is 0 Å². The van der Waals surface area contributed by atoms with E-state index in [9.17, 15) is 0 Å². The van der Waals surface area contributed by atoms with Crippen LogP contribution in [0.3, 0.4) is 0 Å². The zero-order valence-corrected chi connectivity index (χ0v) is 10.0. The van der Waals surface area contributed by atoms with E-state index in [2.05, 4.69) is 6.92 Å². The number of halogens is 2. The summed E-state index contributed by atoms with van der Waals surface area (Å²) in [5.74, 6) is 0. The molecule has 4 heteroatoms. The Hall–Kier alpha value is 1.34. The molecule has 1 nitrogen and oxygen atoms in total. The minimum absolute atomic E-state index is 0.720. The van der Waals surface area contributed by atoms with Gasteiger partial charge in [-0.15, -0.1) is 0 Å². The van der Waals surface area contributed by atoms with Gasteiger partial charge in [-0.3, -0.25) is 0 Å². The van der Waals surface area contributed by atoms with Crippen molar-refractivity contribution >= 4 is 34.0 Å². The monoisotopic (exact) mass is 277 g/mol. The second kappa shape index (κ2) is 5.05. The summed E-state index contributed by atoms with van der Waals surface area (Å²) in [6.45, 7) is 2.78. The van der Waals surface area contributed by atoms with Gasteiger partial charge in [-0.1, -0.05) is 0 Å². The van der Waals surface area contributed by atoms with Crippen molar-refractivity contribution in [2.24, 2.45) is 5.73 Å². The van der Waals surface area contributed by atoms with Crippen molar-refractivity contribution in [3.63, 3.8) is 0 Å². The molecule has 0 bridgehead atoms. The number of hydrogen-bond acceptors (Lipinski definition) is 1. The van der Waals surface area contributed by atoms with Crippen LogP contribution >= 0.6 is 17.8 Å². The van der Waals surface area contributed by atoms with Gasteiger partial charge < -0.3 is 0 Å². The summed E-state index contributed by atoms with van der Waals surface area (Å²) in [5.41, 5.74) is 5.31. The molecule has 0 aromatic heterocycles. The summed E-state index contributed by atoms with van der Waals surface area (Å²) in [5, 5.41) is 0. The van der Waals surface area contributed by atoms with Gasteiger partial charge in [0.25, 0.3) is 0 Å². The molecule has 0 saturated heterocycles. The zero-order chi connectivity index (χ0) is 7.33. The molecule has 0 saturated carbocycles. The molecule has 0 aliphatic rings. The predicted octanol–water partition coefficient (Wildman–Crippen LogP) is 2.27. The Kier molecular flexibility index (Phi) is 5.80. The van der Waals surface area contributed by atoms with Crippen molar-refractivity contribution in [2.75, 3.05) is 6.54 Å². The molecule has 0 rings (SSSR count). The van der Waals surface area contributed by atoms with Crippen LogP contribution in [0.2, 0.25) is 8.87 Å². The number of rotatable bonds is 4. The summed E-state index contributed by atoms with van der Waals surface area (Å²) >= 11 is -2.50. The van der Waals surface area contributed by atoms with Crippen LogP contribution in [0.4, 0.5) is 0 Å². The van der Waals surface area contributed by atoms with E-state index in [1.54, 1.807) is 0 Å². The third kappa shape index (κ3) is 5.77. The van der Waals surface area contributed by atoms with Gasteiger partial charge in [-0.05, 0) is 0 Å². The Balaban J connectivity index is 3.33. The van der Waals surface area contributed by atoms with Gasteiger partial charge in [-0.2, -0.15) is 0 Å². The molecule has 2 N–H and O–H groups in total. The van der Waals surface area contributed by atoms with Crippen LogP contribution in [0.25, 0.3) is 0 Å². The van der Waals surface area contributed by atoms with Gasteiger partial charge in [-0.25, -0.2) is 0 Å². The first-order chi connectivity index (χ1) is 4.12. The van der Waals surface area contributed by atoms with E-state index in [1.807, 2.05) is 0 Å². The van der Waals surface area contributed by atoms with Gasteiger partial charge in [0.1, 0.15) is 0 Å². The number of hydrogen-bond donors (Lipinski definition) is 1. The molecule has 9 heavy (non-hydrogen) atoms. The molecule has 0 radical (unpaired) electrons. The average molecular weight is 277 g/mol. The summed E-state index contributed by atoms with van der Waals surface area (Å²) in [4.78, 5) is 0. The predicted molar refractivity (Wildman–Crippen MR) is 46.4 cm³/mol. The summed E-state index contributed by atoms with van der Waals surface area (Å²) in [6, 6.07) is 0. The molecule has 0 unspecified atom stereocenters. The van der Waals surface area contributed by atoms with E-state index in [0.29, 0.717) is 0 Å². The Morgan fingerprint density at radius 1 is 1.44 bits per heavy atom. The van der Waals surface area contributed by atoms with Crippen LogP contribution in [0.1, 0.15) is 13.3 Å². The van der Waals surface area contributed by atoms with E-state index >= 15 is 0 Å². The van der Waals surface area contributed by atoms with Crippen LogP contribution in [-0.2, 0) is 0 Å². The van der Waals surface area contributed by atoms with Crippen molar-refractivity contribution < 1.29 is 0 Å². The molecular formula is C5H13Cl2NSn. The normalized spacial score (nSPS) is 12.0. The third-order valence-electron chi connectivity index (χ3n) is 1.26. The maximum absolute atomic E-state index is 6.02. The van der Waals surface area contributed by atoms with Gasteiger partial charge in [0.15, 0.2) is 0 Å². The summed E-state index contributed by atoms with van der Waals surface area (Å²) in [6.07, 6.45) is 0.997. The fourth-order valence-electron chi connectivity index (χ4n) is 0.537. The Bertz CT molecular complexity index is 77.4. The second-order valence-electron chi connectivity index (χ2n) is 2.10. The van der Waals surface area contributed by atoms with Gasteiger partial charge in [0.2, 0.25) is 0 Å². The first-order valence-corrected chi connectivity index (χ1v) is 14.5. The SMILES string of the molecule is C[CH2][Sn]([Cl])([Cl])[CH2]CCN. The van der Waals surface area contributed by atoms with Crippen LogP contribution < -0.4 is 5.73 Å². The van der Waals surface area contributed by atoms with Crippen LogP contribution in [0.15, 0.2) is 0 Å². The first-order valence-electron chi connectivity index (χ1n) is 3.20. The van der Waals surface area contributed by atoms with E-state index < -0.39 is 16.1 Å². The topological polar surface area (TPSA) is 26.0 Å². The molecule has 0 heterocycles. The van der Waals surface area contributed by atoms with Crippen molar-refractivity contribution in [3.05, 3.63) is 0 Å². The molecule has 0 aromatic carbocycles. The van der Waals surface area contributed by atoms with Crippen molar-refractivity contribution in [2.45, 2.75) is 22.2 Å². The standard InChI is InChI=1S/C3H8N.C2H5.2ClH.Sn/c1-2-3-4;1-2;;;/h1-4H2;1H2,2H3;2*1H;/q;;;;+2/p-2. The van der Waals surface area contributed by atoms with E-state index in [1.165, 1.54) is 0 Å². The Labute approximate surface area is 68.2 Å². The molecular weight excluding hydrogens is 264 g/mol. The fourth-order valence-corrected chi connectivity index (χ4v) is 5.40. The summed E-state index contributed by atoms with van der Waals surface area (Å²) in [7, 11) is 12.0. The molecule has 0 aromatic rings. The second-order valence-corrected chi connectivity index (χ2v) is 21.4. The zero-order valence-electron chi connectivity index (χ0n) is 5.66. The quantitative estimate of drug-likeness (QED) is 0.784. The first kappa shape index (κ1) is 10.3.